The second-order valence-corrected chi connectivity index (χ2v) is 7.49. The second kappa shape index (κ2) is 5.72. The molecule has 0 radical (unpaired) electrons. The highest BCUT2D eigenvalue weighted by molar-refractivity contribution is 5.99. The third-order valence-electron chi connectivity index (χ3n) is 5.47. The molecule has 5 nitrogen and oxygen atoms in total. The van der Waals surface area contributed by atoms with Gasteiger partial charge < -0.3 is 4.90 Å². The van der Waals surface area contributed by atoms with E-state index >= 15 is 0 Å². The molecular formula is C19H24N4O. The third-order valence-corrected chi connectivity index (χ3v) is 5.47. The van der Waals surface area contributed by atoms with E-state index < -0.39 is 0 Å². The van der Waals surface area contributed by atoms with Crippen LogP contribution >= 0.6 is 0 Å². The smallest absolute Gasteiger partial charge is 0.259 e. The largest absolute Gasteiger partial charge is 0.336 e. The monoisotopic (exact) mass is 324 g/mol. The van der Waals surface area contributed by atoms with Crippen molar-refractivity contribution in [3.05, 3.63) is 41.9 Å². The minimum Gasteiger partial charge on any atom is -0.336 e. The van der Waals surface area contributed by atoms with Crippen molar-refractivity contribution in [2.24, 2.45) is 17.8 Å². The molecule has 1 amide bonds. The number of carbonyl (C=O) groups is 1. The first-order valence-corrected chi connectivity index (χ1v) is 8.83. The fourth-order valence-electron chi connectivity index (χ4n) is 4.15. The molecule has 0 unspecified atom stereocenters. The summed E-state index contributed by atoms with van der Waals surface area (Å²) in [6.45, 7) is 6.94. The van der Waals surface area contributed by atoms with Gasteiger partial charge in [-0.15, -0.1) is 0 Å². The molecule has 0 aromatic carbocycles. The molecule has 2 aromatic heterocycles. The highest BCUT2D eigenvalue weighted by Gasteiger charge is 2.38. The Morgan fingerprint density at radius 3 is 2.88 bits per heavy atom. The lowest BCUT2D eigenvalue weighted by Gasteiger charge is -2.31. The lowest BCUT2D eigenvalue weighted by atomic mass is 9.92. The first-order valence-electron chi connectivity index (χ1n) is 8.83. The van der Waals surface area contributed by atoms with E-state index in [2.05, 4.69) is 36.1 Å². The predicted octanol–water partition coefficient (Wildman–Crippen LogP) is 3.10. The molecule has 126 valence electrons. The Morgan fingerprint density at radius 2 is 2.21 bits per heavy atom. The Kier molecular flexibility index (Phi) is 3.66. The van der Waals surface area contributed by atoms with Crippen molar-refractivity contribution in [3.63, 3.8) is 0 Å². The quantitative estimate of drug-likeness (QED) is 0.812. The average molecular weight is 324 g/mol. The Bertz CT molecular complexity index is 807. The first-order chi connectivity index (χ1) is 11.5. The van der Waals surface area contributed by atoms with Gasteiger partial charge in [0, 0.05) is 24.5 Å². The van der Waals surface area contributed by atoms with Crippen LogP contribution in [0.5, 0.6) is 0 Å². The zero-order valence-corrected chi connectivity index (χ0v) is 14.5. The molecule has 4 rings (SSSR count). The molecule has 24 heavy (non-hydrogen) atoms. The Morgan fingerprint density at radius 1 is 1.38 bits per heavy atom. The maximum Gasteiger partial charge on any atom is 0.259 e. The average Bonchev–Trinajstić information content (AvgIpc) is 3.26. The van der Waals surface area contributed by atoms with Crippen LogP contribution < -0.4 is 0 Å². The number of nitrogens with zero attached hydrogens (tertiary/aromatic N) is 4. The van der Waals surface area contributed by atoms with E-state index in [1.165, 1.54) is 12.8 Å². The van der Waals surface area contributed by atoms with Crippen LogP contribution in [0.1, 0.15) is 42.7 Å². The molecule has 2 bridgehead atoms. The van der Waals surface area contributed by atoms with Crippen LogP contribution in [0.25, 0.3) is 5.65 Å². The van der Waals surface area contributed by atoms with E-state index in [0.29, 0.717) is 23.0 Å². The zero-order chi connectivity index (χ0) is 16.8. The highest BCUT2D eigenvalue weighted by atomic mass is 16.2. The van der Waals surface area contributed by atoms with Crippen LogP contribution in [0.3, 0.4) is 0 Å². The van der Waals surface area contributed by atoms with E-state index in [4.69, 9.17) is 0 Å². The topological polar surface area (TPSA) is 50.5 Å². The number of aryl methyl sites for hydroxylation is 1. The molecule has 2 aliphatic carbocycles. The summed E-state index contributed by atoms with van der Waals surface area (Å²) in [6, 6.07) is 2.07. The van der Waals surface area contributed by atoms with Crippen molar-refractivity contribution in [1.82, 2.24) is 19.5 Å². The number of aromatic nitrogens is 3. The molecule has 5 heteroatoms. The van der Waals surface area contributed by atoms with Crippen molar-refractivity contribution < 1.29 is 4.79 Å². The third kappa shape index (κ3) is 2.52. The summed E-state index contributed by atoms with van der Waals surface area (Å²) < 4.78 is 1.68. The summed E-state index contributed by atoms with van der Waals surface area (Å²) in [6.07, 6.45) is 10.7. The number of allylic oxidation sites excluding steroid dienone is 2. The molecule has 2 aromatic rings. The van der Waals surface area contributed by atoms with E-state index in [-0.39, 0.29) is 11.9 Å². The van der Waals surface area contributed by atoms with Crippen LogP contribution in [0.2, 0.25) is 0 Å². The SMILES string of the molecule is Cc1ccn2ncc(C(=O)N(C[C@@H]3C[C@H]4C=C[C@H]3C4)C(C)C)c2n1. The van der Waals surface area contributed by atoms with Crippen LogP contribution in [-0.4, -0.2) is 38.0 Å². The summed E-state index contributed by atoms with van der Waals surface area (Å²) in [7, 11) is 0. The Labute approximate surface area is 142 Å². The molecule has 3 atom stereocenters. The maximum atomic E-state index is 13.2. The highest BCUT2D eigenvalue weighted by Crippen LogP contribution is 2.43. The minimum atomic E-state index is 0.0462. The molecule has 2 heterocycles. The van der Waals surface area contributed by atoms with E-state index in [9.17, 15) is 4.79 Å². The maximum absolute atomic E-state index is 13.2. The minimum absolute atomic E-state index is 0.0462. The number of rotatable bonds is 4. The summed E-state index contributed by atoms with van der Waals surface area (Å²) >= 11 is 0. The Hall–Kier alpha value is -2.17. The van der Waals surface area contributed by atoms with Gasteiger partial charge in [-0.1, -0.05) is 12.2 Å². The fourth-order valence-corrected chi connectivity index (χ4v) is 4.15. The standard InChI is InChI=1S/C19H24N4O/c1-12(2)22(11-16-9-14-4-5-15(16)8-14)19(24)17-10-20-23-7-6-13(3)21-18(17)23/h4-7,10,12,14-16H,8-9,11H2,1-3H3/t14-,15-,16-/m0/s1. The van der Waals surface area contributed by atoms with E-state index in [0.717, 1.165) is 18.2 Å². The summed E-state index contributed by atoms with van der Waals surface area (Å²) in [5, 5.41) is 4.29. The van der Waals surface area contributed by atoms with Crippen LogP contribution in [0, 0.1) is 24.7 Å². The van der Waals surface area contributed by atoms with Gasteiger partial charge in [-0.3, -0.25) is 4.79 Å². The van der Waals surface area contributed by atoms with E-state index in [1.807, 2.05) is 24.1 Å². The van der Waals surface area contributed by atoms with Crippen molar-refractivity contribution in [2.45, 2.75) is 39.7 Å². The molecule has 1 fully saturated rings. The molecule has 0 spiro atoms. The predicted molar refractivity (Wildman–Crippen MR) is 92.7 cm³/mol. The lowest BCUT2D eigenvalue weighted by Crippen LogP contribution is -2.41. The number of hydrogen-bond acceptors (Lipinski definition) is 3. The summed E-state index contributed by atoms with van der Waals surface area (Å²) in [5.74, 6) is 2.01. The molecule has 1 saturated carbocycles. The van der Waals surface area contributed by atoms with Gasteiger partial charge in [-0.05, 0) is 57.4 Å². The fraction of sp³-hybridized carbons (Fsp3) is 0.526. The van der Waals surface area contributed by atoms with Gasteiger partial charge in [0.05, 0.1) is 6.20 Å². The number of amides is 1. The molecule has 0 aliphatic heterocycles. The van der Waals surface area contributed by atoms with Crippen LogP contribution in [-0.2, 0) is 0 Å². The van der Waals surface area contributed by atoms with Crippen molar-refractivity contribution in [2.75, 3.05) is 6.54 Å². The van der Waals surface area contributed by atoms with Gasteiger partial charge in [0.2, 0.25) is 0 Å². The van der Waals surface area contributed by atoms with Gasteiger partial charge in [-0.25, -0.2) is 9.50 Å². The molecule has 0 saturated heterocycles. The summed E-state index contributed by atoms with van der Waals surface area (Å²) in [5.41, 5.74) is 2.15. The molecular weight excluding hydrogens is 300 g/mol. The first kappa shape index (κ1) is 15.4. The Balaban J connectivity index is 1.61. The van der Waals surface area contributed by atoms with Crippen molar-refractivity contribution in [3.8, 4) is 0 Å². The zero-order valence-electron chi connectivity index (χ0n) is 14.5. The normalized spacial score (nSPS) is 25.1. The number of hydrogen-bond donors (Lipinski definition) is 0. The van der Waals surface area contributed by atoms with Crippen molar-refractivity contribution >= 4 is 11.6 Å². The number of carbonyl (C=O) groups excluding carboxylic acids is 1. The van der Waals surface area contributed by atoms with Crippen LogP contribution in [0.4, 0.5) is 0 Å². The van der Waals surface area contributed by atoms with E-state index in [1.54, 1.807) is 10.7 Å². The second-order valence-electron chi connectivity index (χ2n) is 7.49. The number of fused-ring (bicyclic) bond motifs is 3. The van der Waals surface area contributed by atoms with Gasteiger partial charge in [0.15, 0.2) is 5.65 Å². The van der Waals surface area contributed by atoms with Crippen molar-refractivity contribution in [1.29, 1.82) is 0 Å². The van der Waals surface area contributed by atoms with Gasteiger partial charge >= 0.3 is 0 Å². The van der Waals surface area contributed by atoms with Gasteiger partial charge in [0.1, 0.15) is 5.56 Å². The van der Waals surface area contributed by atoms with Gasteiger partial charge in [0.25, 0.3) is 5.91 Å². The molecule has 0 N–H and O–H groups in total. The van der Waals surface area contributed by atoms with Crippen LogP contribution in [0.15, 0.2) is 30.6 Å². The summed E-state index contributed by atoms with van der Waals surface area (Å²) in [4.78, 5) is 19.7. The molecule has 2 aliphatic rings. The van der Waals surface area contributed by atoms with Gasteiger partial charge in [-0.2, -0.15) is 5.10 Å². The lowest BCUT2D eigenvalue weighted by molar-refractivity contribution is 0.0663.